The molecule has 0 saturated heterocycles. The summed E-state index contributed by atoms with van der Waals surface area (Å²) >= 11 is 0. The minimum absolute atomic E-state index is 0.909. The van der Waals surface area contributed by atoms with Gasteiger partial charge in [0, 0.05) is 0 Å². The Morgan fingerprint density at radius 3 is 3.00 bits per heavy atom. The molecule has 10 heavy (non-hydrogen) atoms. The van der Waals surface area contributed by atoms with Crippen LogP contribution < -0.4 is 0 Å². The van der Waals surface area contributed by atoms with Crippen molar-refractivity contribution in [3.8, 4) is 0 Å². The van der Waals surface area contributed by atoms with Gasteiger partial charge in [0.15, 0.2) is 0 Å². The number of allylic oxidation sites excluding steroid dienone is 2. The molecule has 0 amide bonds. The SMILES string of the molecule is C1=CC[C@]23[C@H]4CC[C@@]2(C1)[C@H]43. The Labute approximate surface area is 61.3 Å². The first-order valence-corrected chi connectivity index (χ1v) is 4.57. The van der Waals surface area contributed by atoms with Crippen molar-refractivity contribution in [2.75, 3.05) is 0 Å². The minimum Gasteiger partial charge on any atom is -0.0879 e. The Balaban J connectivity index is 1.94. The Kier molecular flexibility index (Phi) is 0.426. The van der Waals surface area contributed by atoms with Gasteiger partial charge in [0.25, 0.3) is 0 Å². The molecule has 0 N–H and O–H groups in total. The Bertz CT molecular complexity index is 239. The van der Waals surface area contributed by atoms with E-state index in [1.807, 2.05) is 0 Å². The predicted octanol–water partition coefficient (Wildman–Crippen LogP) is 2.36. The van der Waals surface area contributed by atoms with Gasteiger partial charge in [-0.15, -0.1) is 0 Å². The lowest BCUT2D eigenvalue weighted by Crippen LogP contribution is -2.15. The van der Waals surface area contributed by atoms with E-state index >= 15 is 0 Å². The molecule has 52 valence electrons. The fraction of sp³-hybridized carbons (Fsp3) is 0.800. The van der Waals surface area contributed by atoms with Gasteiger partial charge in [0.2, 0.25) is 0 Å². The number of hydrogen-bond donors (Lipinski definition) is 0. The van der Waals surface area contributed by atoms with Crippen molar-refractivity contribution in [1.82, 2.24) is 0 Å². The fourth-order valence-corrected chi connectivity index (χ4v) is 4.60. The summed E-state index contributed by atoms with van der Waals surface area (Å²) in [7, 11) is 0. The smallest absolute Gasteiger partial charge is 0.0132 e. The molecule has 0 aromatic heterocycles. The van der Waals surface area contributed by atoms with E-state index in [9.17, 15) is 0 Å². The molecule has 4 saturated carbocycles. The summed E-state index contributed by atoms with van der Waals surface area (Å²) in [6.07, 6.45) is 10.9. The van der Waals surface area contributed by atoms with Crippen LogP contribution in [0.15, 0.2) is 12.2 Å². The van der Waals surface area contributed by atoms with Crippen molar-refractivity contribution in [3.63, 3.8) is 0 Å². The van der Waals surface area contributed by atoms with Gasteiger partial charge in [-0.2, -0.15) is 0 Å². The van der Waals surface area contributed by atoms with Crippen LogP contribution in [0, 0.1) is 22.7 Å². The van der Waals surface area contributed by atoms with Crippen LogP contribution in [0.1, 0.15) is 25.7 Å². The van der Waals surface area contributed by atoms with Gasteiger partial charge < -0.3 is 0 Å². The lowest BCUT2D eigenvalue weighted by atomic mass is 9.81. The van der Waals surface area contributed by atoms with E-state index in [-0.39, 0.29) is 0 Å². The van der Waals surface area contributed by atoms with Gasteiger partial charge >= 0.3 is 0 Å². The number of hydrogen-bond acceptors (Lipinski definition) is 0. The summed E-state index contributed by atoms with van der Waals surface area (Å²) < 4.78 is 0. The van der Waals surface area contributed by atoms with Gasteiger partial charge in [-0.05, 0) is 48.3 Å². The van der Waals surface area contributed by atoms with Crippen LogP contribution in [0.4, 0.5) is 0 Å². The lowest BCUT2D eigenvalue weighted by Gasteiger charge is -2.23. The molecule has 0 aromatic rings. The van der Waals surface area contributed by atoms with Crippen molar-refractivity contribution in [2.45, 2.75) is 25.7 Å². The van der Waals surface area contributed by atoms with Gasteiger partial charge in [0.05, 0.1) is 0 Å². The molecule has 2 spiro atoms. The van der Waals surface area contributed by atoms with Crippen LogP contribution in [0.3, 0.4) is 0 Å². The molecule has 0 unspecified atom stereocenters. The lowest BCUT2D eigenvalue weighted by molar-refractivity contribution is 0.312. The predicted molar refractivity (Wildman–Crippen MR) is 39.5 cm³/mol. The van der Waals surface area contributed by atoms with Crippen LogP contribution >= 0.6 is 0 Å². The van der Waals surface area contributed by atoms with Crippen molar-refractivity contribution >= 4 is 0 Å². The molecule has 0 aliphatic heterocycles. The number of fused-ring (bicyclic) bond motifs is 1. The van der Waals surface area contributed by atoms with E-state index in [0.717, 1.165) is 10.8 Å². The van der Waals surface area contributed by atoms with Gasteiger partial charge in [0.1, 0.15) is 0 Å². The highest BCUT2D eigenvalue weighted by Gasteiger charge is 2.96. The Hall–Kier alpha value is -0.260. The largest absolute Gasteiger partial charge is 0.0879 e. The Morgan fingerprint density at radius 2 is 2.10 bits per heavy atom. The van der Waals surface area contributed by atoms with E-state index < -0.39 is 0 Å². The maximum absolute atomic E-state index is 2.43. The molecule has 0 heteroatoms. The van der Waals surface area contributed by atoms with Crippen molar-refractivity contribution in [1.29, 1.82) is 0 Å². The van der Waals surface area contributed by atoms with Crippen LogP contribution in [0.5, 0.6) is 0 Å². The molecule has 4 atom stereocenters. The molecule has 5 rings (SSSR count). The molecule has 5 aliphatic carbocycles. The van der Waals surface area contributed by atoms with Crippen LogP contribution in [0.2, 0.25) is 0 Å². The third kappa shape index (κ3) is 0.202. The summed E-state index contributed by atoms with van der Waals surface area (Å²) in [5, 5.41) is 0. The van der Waals surface area contributed by atoms with E-state index in [2.05, 4.69) is 12.2 Å². The third-order valence-corrected chi connectivity index (χ3v) is 4.95. The molecule has 0 nitrogen and oxygen atoms in total. The molecule has 0 radical (unpaired) electrons. The van der Waals surface area contributed by atoms with Gasteiger partial charge in [-0.1, -0.05) is 12.2 Å². The molecular formula is C10H12. The summed E-state index contributed by atoms with van der Waals surface area (Å²) in [6.45, 7) is 0. The monoisotopic (exact) mass is 132 g/mol. The van der Waals surface area contributed by atoms with Crippen molar-refractivity contribution in [2.24, 2.45) is 22.7 Å². The maximum atomic E-state index is 2.43. The summed E-state index contributed by atoms with van der Waals surface area (Å²) in [4.78, 5) is 0. The average molecular weight is 132 g/mol. The van der Waals surface area contributed by atoms with Crippen LogP contribution in [0.25, 0.3) is 0 Å². The topological polar surface area (TPSA) is 0 Å². The van der Waals surface area contributed by atoms with E-state index in [0.29, 0.717) is 0 Å². The number of rotatable bonds is 0. The molecule has 5 aliphatic rings. The normalized spacial score (nSPS) is 72.8. The quantitative estimate of drug-likeness (QED) is 0.444. The summed E-state index contributed by atoms with van der Waals surface area (Å²) in [5.74, 6) is 2.42. The molecule has 0 heterocycles. The van der Waals surface area contributed by atoms with Crippen molar-refractivity contribution in [3.05, 3.63) is 12.2 Å². The van der Waals surface area contributed by atoms with Crippen LogP contribution in [-0.4, -0.2) is 0 Å². The highest BCUT2D eigenvalue weighted by molar-refractivity contribution is 5.46. The Morgan fingerprint density at radius 1 is 1.20 bits per heavy atom. The molecule has 2 bridgehead atoms. The standard InChI is InChI=1S/C10H12/c1-2-5-10-7-3-6-9(10,4-1)8(7)10/h1-2,7-8H,3-6H2/t7-,8-,9-,10+/m0/s1. The minimum atomic E-state index is 0.909. The first-order chi connectivity index (χ1) is 4.92. The zero-order chi connectivity index (χ0) is 6.40. The molecular weight excluding hydrogens is 120 g/mol. The second-order valence-corrected chi connectivity index (χ2v) is 4.70. The zero-order valence-corrected chi connectivity index (χ0v) is 6.14. The van der Waals surface area contributed by atoms with Crippen molar-refractivity contribution < 1.29 is 0 Å². The van der Waals surface area contributed by atoms with E-state index in [1.54, 1.807) is 12.8 Å². The highest BCUT2D eigenvalue weighted by atomic mass is 15.0. The fourth-order valence-electron chi connectivity index (χ4n) is 4.60. The molecule has 4 fully saturated rings. The van der Waals surface area contributed by atoms with E-state index in [1.165, 1.54) is 24.7 Å². The summed E-state index contributed by atoms with van der Waals surface area (Å²) in [5.41, 5.74) is 1.84. The third-order valence-electron chi connectivity index (χ3n) is 4.95. The van der Waals surface area contributed by atoms with Crippen LogP contribution in [-0.2, 0) is 0 Å². The summed E-state index contributed by atoms with van der Waals surface area (Å²) in [6, 6.07) is 0. The van der Waals surface area contributed by atoms with Gasteiger partial charge in [-0.3, -0.25) is 0 Å². The second-order valence-electron chi connectivity index (χ2n) is 4.70. The average Bonchev–Trinajstić information content (AvgIpc) is 2.64. The van der Waals surface area contributed by atoms with Gasteiger partial charge in [-0.25, -0.2) is 0 Å². The highest BCUT2D eigenvalue weighted by Crippen LogP contribution is 3.01. The second kappa shape index (κ2) is 0.929. The first kappa shape index (κ1) is 4.58. The zero-order valence-electron chi connectivity index (χ0n) is 6.14. The molecule has 0 aromatic carbocycles. The maximum Gasteiger partial charge on any atom is -0.0132 e. The van der Waals surface area contributed by atoms with E-state index in [4.69, 9.17) is 0 Å². The first-order valence-electron chi connectivity index (χ1n) is 4.57.